The Hall–Kier alpha value is -1.59. The molecule has 1 amide bonds. The average Bonchev–Trinajstić information content (AvgIpc) is 2.59. The van der Waals surface area contributed by atoms with Crippen molar-refractivity contribution in [2.24, 2.45) is 5.92 Å². The van der Waals surface area contributed by atoms with Crippen molar-refractivity contribution in [3.05, 3.63) is 23.8 Å². The van der Waals surface area contributed by atoms with Crippen LogP contribution in [0.4, 0.5) is 5.69 Å². The Bertz CT molecular complexity index is 555. The number of anilines is 1. The van der Waals surface area contributed by atoms with Crippen LogP contribution in [0.2, 0.25) is 0 Å². The Morgan fingerprint density at radius 2 is 2.30 bits per heavy atom. The van der Waals surface area contributed by atoms with Crippen LogP contribution >= 0.6 is 0 Å². The molecule has 23 heavy (non-hydrogen) atoms. The molecule has 1 fully saturated rings. The number of nitrogens with one attached hydrogen (secondary N) is 2. The molecule has 3 rings (SSSR count). The van der Waals surface area contributed by atoms with E-state index in [4.69, 9.17) is 9.47 Å². The lowest BCUT2D eigenvalue weighted by molar-refractivity contribution is -0.123. The molecular formula is C18H26N2O3. The summed E-state index contributed by atoms with van der Waals surface area (Å²) in [5, 5.41) is 6.50. The second-order valence-corrected chi connectivity index (χ2v) is 6.47. The van der Waals surface area contributed by atoms with Crippen molar-refractivity contribution >= 4 is 11.6 Å². The van der Waals surface area contributed by atoms with Gasteiger partial charge in [-0.1, -0.05) is 13.0 Å². The highest BCUT2D eigenvalue weighted by atomic mass is 16.5. The van der Waals surface area contributed by atoms with Gasteiger partial charge in [0, 0.05) is 19.2 Å². The second kappa shape index (κ2) is 7.32. The zero-order valence-electron chi connectivity index (χ0n) is 13.9. The minimum atomic E-state index is -0.389. The summed E-state index contributed by atoms with van der Waals surface area (Å²) < 4.78 is 11.3. The highest BCUT2D eigenvalue weighted by molar-refractivity contribution is 5.97. The topological polar surface area (TPSA) is 59.6 Å². The van der Waals surface area contributed by atoms with E-state index >= 15 is 0 Å². The number of hydrogen-bond donors (Lipinski definition) is 2. The van der Waals surface area contributed by atoms with Gasteiger partial charge >= 0.3 is 0 Å². The number of carbonyl (C=O) groups is 1. The number of fused-ring (bicyclic) bond motifs is 1. The van der Waals surface area contributed by atoms with Crippen molar-refractivity contribution in [1.82, 2.24) is 5.32 Å². The first-order valence-electron chi connectivity index (χ1n) is 8.60. The van der Waals surface area contributed by atoms with Gasteiger partial charge in [0.05, 0.1) is 12.3 Å². The molecule has 126 valence electrons. The van der Waals surface area contributed by atoms with Crippen molar-refractivity contribution < 1.29 is 14.3 Å². The molecule has 0 aromatic heterocycles. The molecule has 0 spiro atoms. The maximum absolute atomic E-state index is 11.8. The molecule has 2 aliphatic heterocycles. The highest BCUT2D eigenvalue weighted by Crippen LogP contribution is 2.33. The Labute approximate surface area is 137 Å². The van der Waals surface area contributed by atoms with E-state index in [1.54, 1.807) is 0 Å². The van der Waals surface area contributed by atoms with E-state index in [1.165, 1.54) is 12.0 Å². The molecular weight excluding hydrogens is 292 g/mol. The van der Waals surface area contributed by atoms with Gasteiger partial charge in [-0.25, -0.2) is 0 Å². The second-order valence-electron chi connectivity index (χ2n) is 6.47. The lowest BCUT2D eigenvalue weighted by Gasteiger charge is -2.27. The summed E-state index contributed by atoms with van der Waals surface area (Å²) in [5.74, 6) is 1.31. The number of rotatable bonds is 5. The molecule has 0 aliphatic carbocycles. The SMILES string of the molecule is CC[C@@H]1Oc2cc([C@H](C)NC[C@H]3CCCOC3)ccc2NC1=O. The molecule has 0 radical (unpaired) electrons. The third kappa shape index (κ3) is 3.85. The zero-order valence-corrected chi connectivity index (χ0v) is 13.9. The standard InChI is InChI=1S/C18H26N2O3/c1-3-16-18(21)20-15-7-6-14(9-17(15)23-16)12(2)19-10-13-5-4-8-22-11-13/h6-7,9,12-13,16,19H,3-5,8,10-11H2,1-2H3,(H,20,21)/t12-,13+,16-/m0/s1. The van der Waals surface area contributed by atoms with Crippen molar-refractivity contribution in [1.29, 1.82) is 0 Å². The Morgan fingerprint density at radius 3 is 3.04 bits per heavy atom. The fraction of sp³-hybridized carbons (Fsp3) is 0.611. The molecule has 2 N–H and O–H groups in total. The molecule has 5 nitrogen and oxygen atoms in total. The molecule has 2 heterocycles. The maximum atomic E-state index is 11.8. The van der Waals surface area contributed by atoms with Gasteiger partial charge in [0.15, 0.2) is 6.10 Å². The van der Waals surface area contributed by atoms with E-state index in [0.29, 0.717) is 12.3 Å². The third-order valence-corrected chi connectivity index (χ3v) is 4.66. The summed E-state index contributed by atoms with van der Waals surface area (Å²) in [6.45, 7) is 6.84. The van der Waals surface area contributed by atoms with Gasteiger partial charge in [-0.15, -0.1) is 0 Å². The Morgan fingerprint density at radius 1 is 1.43 bits per heavy atom. The predicted octanol–water partition coefficient (Wildman–Crippen LogP) is 2.87. The molecule has 5 heteroatoms. The van der Waals surface area contributed by atoms with Crippen LogP contribution < -0.4 is 15.4 Å². The number of hydrogen-bond acceptors (Lipinski definition) is 4. The third-order valence-electron chi connectivity index (χ3n) is 4.66. The van der Waals surface area contributed by atoms with E-state index in [-0.39, 0.29) is 18.1 Å². The van der Waals surface area contributed by atoms with Gasteiger partial charge in [0.1, 0.15) is 5.75 Å². The highest BCUT2D eigenvalue weighted by Gasteiger charge is 2.26. The molecule has 2 aliphatic rings. The van der Waals surface area contributed by atoms with Gasteiger partial charge in [-0.05, 0) is 49.8 Å². The van der Waals surface area contributed by atoms with Crippen LogP contribution in [0.5, 0.6) is 5.75 Å². The monoisotopic (exact) mass is 318 g/mol. The van der Waals surface area contributed by atoms with E-state index in [2.05, 4.69) is 17.6 Å². The number of amides is 1. The van der Waals surface area contributed by atoms with Crippen molar-refractivity contribution in [2.75, 3.05) is 25.1 Å². The number of carbonyl (C=O) groups excluding carboxylic acids is 1. The lowest BCUT2D eigenvalue weighted by Crippen LogP contribution is -2.36. The fourth-order valence-corrected chi connectivity index (χ4v) is 3.13. The Balaban J connectivity index is 1.62. The minimum Gasteiger partial charge on any atom is -0.478 e. The predicted molar refractivity (Wildman–Crippen MR) is 89.7 cm³/mol. The summed E-state index contributed by atoms with van der Waals surface area (Å²) >= 11 is 0. The van der Waals surface area contributed by atoms with Crippen LogP contribution in [0.25, 0.3) is 0 Å². The Kier molecular flexibility index (Phi) is 5.18. The van der Waals surface area contributed by atoms with Crippen LogP contribution in [-0.4, -0.2) is 31.8 Å². The summed E-state index contributed by atoms with van der Waals surface area (Å²) in [6, 6.07) is 6.25. The van der Waals surface area contributed by atoms with Gasteiger partial charge in [0.2, 0.25) is 0 Å². The summed E-state index contributed by atoms with van der Waals surface area (Å²) in [4.78, 5) is 11.8. The van der Waals surface area contributed by atoms with E-state index in [0.717, 1.165) is 37.6 Å². The van der Waals surface area contributed by atoms with E-state index < -0.39 is 0 Å². The van der Waals surface area contributed by atoms with Gasteiger partial charge in [-0.2, -0.15) is 0 Å². The van der Waals surface area contributed by atoms with Crippen LogP contribution in [0.1, 0.15) is 44.7 Å². The maximum Gasteiger partial charge on any atom is 0.265 e. The molecule has 0 unspecified atom stereocenters. The molecule has 1 saturated heterocycles. The minimum absolute atomic E-state index is 0.0591. The average molecular weight is 318 g/mol. The molecule has 1 aromatic carbocycles. The molecule has 0 bridgehead atoms. The first-order valence-corrected chi connectivity index (χ1v) is 8.60. The quantitative estimate of drug-likeness (QED) is 0.876. The normalized spacial score (nSPS) is 25.2. The van der Waals surface area contributed by atoms with Crippen LogP contribution in [0.15, 0.2) is 18.2 Å². The lowest BCUT2D eigenvalue weighted by atomic mass is 10.0. The largest absolute Gasteiger partial charge is 0.478 e. The number of ether oxygens (including phenoxy) is 2. The van der Waals surface area contributed by atoms with E-state index in [9.17, 15) is 4.79 Å². The summed E-state index contributed by atoms with van der Waals surface area (Å²) in [7, 11) is 0. The van der Waals surface area contributed by atoms with Gasteiger partial charge in [0.25, 0.3) is 5.91 Å². The molecule has 1 aromatic rings. The van der Waals surface area contributed by atoms with Crippen LogP contribution in [0, 0.1) is 5.92 Å². The van der Waals surface area contributed by atoms with Gasteiger partial charge in [-0.3, -0.25) is 4.79 Å². The summed E-state index contributed by atoms with van der Waals surface area (Å²) in [5.41, 5.74) is 1.93. The molecule has 3 atom stereocenters. The van der Waals surface area contributed by atoms with Crippen molar-refractivity contribution in [2.45, 2.75) is 45.3 Å². The number of benzene rings is 1. The first-order chi connectivity index (χ1) is 11.2. The van der Waals surface area contributed by atoms with Crippen molar-refractivity contribution in [3.63, 3.8) is 0 Å². The zero-order chi connectivity index (χ0) is 16.2. The first kappa shape index (κ1) is 16.3. The molecule has 0 saturated carbocycles. The summed E-state index contributed by atoms with van der Waals surface area (Å²) in [6.07, 6.45) is 2.67. The van der Waals surface area contributed by atoms with Gasteiger partial charge < -0.3 is 20.1 Å². The van der Waals surface area contributed by atoms with Crippen LogP contribution in [0.3, 0.4) is 0 Å². The fourth-order valence-electron chi connectivity index (χ4n) is 3.13. The smallest absolute Gasteiger partial charge is 0.265 e. The van der Waals surface area contributed by atoms with Crippen molar-refractivity contribution in [3.8, 4) is 5.75 Å². The van der Waals surface area contributed by atoms with Crippen LogP contribution in [-0.2, 0) is 9.53 Å². The van der Waals surface area contributed by atoms with E-state index in [1.807, 2.05) is 25.1 Å².